The van der Waals surface area contributed by atoms with Gasteiger partial charge in [-0.1, -0.05) is 34.6 Å². The van der Waals surface area contributed by atoms with Gasteiger partial charge in [0.2, 0.25) is 0 Å². The van der Waals surface area contributed by atoms with Crippen LogP contribution in [0.1, 0.15) is 51.7 Å². The van der Waals surface area contributed by atoms with Crippen molar-refractivity contribution in [2.24, 2.45) is 0 Å². The lowest BCUT2D eigenvalue weighted by atomic mass is 10.3. The molecule has 1 rings (SSSR count). The van der Waals surface area contributed by atoms with Gasteiger partial charge in [-0.25, -0.2) is 9.97 Å². The van der Waals surface area contributed by atoms with Gasteiger partial charge in [0.05, 0.1) is 0 Å². The maximum atomic E-state index is 4.28. The van der Waals surface area contributed by atoms with E-state index in [-0.39, 0.29) is 0 Å². The molecule has 2 nitrogen and oxygen atoms in total. The van der Waals surface area contributed by atoms with Crippen molar-refractivity contribution in [3.05, 3.63) is 23.3 Å². The van der Waals surface area contributed by atoms with Gasteiger partial charge in [-0.2, -0.15) is 0 Å². The lowest BCUT2D eigenvalue weighted by Gasteiger charge is -1.99. The Morgan fingerprint density at radius 3 is 1.93 bits per heavy atom. The molecule has 0 aromatic carbocycles. The molecule has 0 bridgehead atoms. The molecule has 0 saturated carbocycles. The molecule has 0 radical (unpaired) electrons. The average Bonchev–Trinajstić information content (AvgIpc) is 2.28. The minimum Gasteiger partial charge on any atom is -0.241 e. The molecule has 1 aromatic heterocycles. The van der Waals surface area contributed by atoms with E-state index in [2.05, 4.69) is 16.9 Å². The summed E-state index contributed by atoms with van der Waals surface area (Å²) in [5, 5.41) is 0. The van der Waals surface area contributed by atoms with E-state index < -0.39 is 0 Å². The molecule has 1 aromatic rings. The zero-order valence-electron chi connectivity index (χ0n) is 10.7. The highest BCUT2D eigenvalue weighted by atomic mass is 14.9. The van der Waals surface area contributed by atoms with E-state index in [4.69, 9.17) is 0 Å². The molecule has 0 atom stereocenters. The second-order valence-electron chi connectivity index (χ2n) is 2.41. The summed E-state index contributed by atoms with van der Waals surface area (Å²) in [4.78, 5) is 8.43. The van der Waals surface area contributed by atoms with Crippen LogP contribution in [0.4, 0.5) is 0 Å². The second-order valence-corrected chi connectivity index (χ2v) is 2.41. The third-order valence-corrected chi connectivity index (χ3v) is 1.59. The highest BCUT2D eigenvalue weighted by Crippen LogP contribution is 2.01. The van der Waals surface area contributed by atoms with E-state index in [0.29, 0.717) is 0 Å². The molecule has 82 valence electrons. The van der Waals surface area contributed by atoms with E-state index in [1.54, 1.807) is 0 Å². The second kappa shape index (κ2) is 10.2. The van der Waals surface area contributed by atoms with Crippen LogP contribution in [0.15, 0.2) is 6.20 Å². The molecule has 14 heavy (non-hydrogen) atoms. The first-order valence-corrected chi connectivity index (χ1v) is 5.53. The largest absolute Gasteiger partial charge is 0.241 e. The fourth-order valence-electron chi connectivity index (χ4n) is 0.746. The number of nitrogens with zero attached hydrogens (tertiary/aromatic N) is 2. The first kappa shape index (κ1) is 15.5. The topological polar surface area (TPSA) is 25.8 Å². The maximum absolute atomic E-state index is 4.28. The molecule has 0 unspecified atom stereocenters. The van der Waals surface area contributed by atoms with Gasteiger partial charge in [-0.05, 0) is 19.4 Å². The molecule has 0 aliphatic heterocycles. The molecule has 1 heterocycles. The Hall–Kier alpha value is -0.920. The average molecular weight is 196 g/mol. The number of hydrogen-bond donors (Lipinski definition) is 0. The van der Waals surface area contributed by atoms with Gasteiger partial charge in [0, 0.05) is 18.3 Å². The van der Waals surface area contributed by atoms with Gasteiger partial charge in [0.25, 0.3) is 0 Å². The Bertz CT molecular complexity index is 232. The number of aromatic nitrogens is 2. The smallest absolute Gasteiger partial charge is 0.128 e. The molecule has 0 N–H and O–H groups in total. The van der Waals surface area contributed by atoms with Crippen molar-refractivity contribution in [2.45, 2.75) is 54.9 Å². The normalized spacial score (nSPS) is 7.93. The molecule has 0 spiro atoms. The Morgan fingerprint density at radius 1 is 1.07 bits per heavy atom. The van der Waals surface area contributed by atoms with E-state index in [0.717, 1.165) is 23.5 Å². The fraction of sp³-hybridized carbons (Fsp3) is 0.667. The van der Waals surface area contributed by atoms with Crippen molar-refractivity contribution in [2.75, 3.05) is 0 Å². The van der Waals surface area contributed by atoms with Crippen molar-refractivity contribution < 1.29 is 0 Å². The van der Waals surface area contributed by atoms with Crippen LogP contribution < -0.4 is 0 Å². The van der Waals surface area contributed by atoms with E-state index in [9.17, 15) is 0 Å². The summed E-state index contributed by atoms with van der Waals surface area (Å²) in [5.74, 6) is 0.933. The summed E-state index contributed by atoms with van der Waals surface area (Å²) >= 11 is 0. The van der Waals surface area contributed by atoms with Crippen molar-refractivity contribution in [1.29, 1.82) is 0 Å². The van der Waals surface area contributed by atoms with Crippen molar-refractivity contribution in [3.63, 3.8) is 0 Å². The summed E-state index contributed by atoms with van der Waals surface area (Å²) < 4.78 is 0. The predicted molar refractivity (Wildman–Crippen MR) is 63.6 cm³/mol. The quantitative estimate of drug-likeness (QED) is 0.684. The van der Waals surface area contributed by atoms with Gasteiger partial charge in [0.15, 0.2) is 0 Å². The molecule has 0 aliphatic carbocycles. The highest BCUT2D eigenvalue weighted by molar-refractivity contribution is 5.13. The number of aryl methyl sites for hydroxylation is 3. The van der Waals surface area contributed by atoms with Crippen LogP contribution in [-0.2, 0) is 6.42 Å². The van der Waals surface area contributed by atoms with E-state index in [1.807, 2.05) is 47.7 Å². The summed E-state index contributed by atoms with van der Waals surface area (Å²) in [7, 11) is 0. The van der Waals surface area contributed by atoms with Crippen LogP contribution in [0.3, 0.4) is 0 Å². The van der Waals surface area contributed by atoms with Gasteiger partial charge in [0.1, 0.15) is 5.82 Å². The third-order valence-electron chi connectivity index (χ3n) is 1.59. The predicted octanol–water partition coefficient (Wildman–Crippen LogP) is 3.71. The Labute approximate surface area is 88.8 Å². The van der Waals surface area contributed by atoms with Crippen LogP contribution in [0.5, 0.6) is 0 Å². The van der Waals surface area contributed by atoms with Gasteiger partial charge in [-0.3, -0.25) is 0 Å². The van der Waals surface area contributed by atoms with Crippen LogP contribution in [0.2, 0.25) is 0 Å². The van der Waals surface area contributed by atoms with Crippen molar-refractivity contribution in [3.8, 4) is 0 Å². The summed E-state index contributed by atoms with van der Waals surface area (Å²) in [6.07, 6.45) is 2.79. The third kappa shape index (κ3) is 5.68. The molecule has 0 aliphatic rings. The van der Waals surface area contributed by atoms with Gasteiger partial charge < -0.3 is 0 Å². The number of hydrogen-bond acceptors (Lipinski definition) is 2. The van der Waals surface area contributed by atoms with Crippen molar-refractivity contribution >= 4 is 0 Å². The SMILES string of the molecule is CC.CC.CCc1ncc(C)c(C)n1. The molecule has 0 saturated heterocycles. The first-order chi connectivity index (χ1) is 6.74. The maximum Gasteiger partial charge on any atom is 0.128 e. The standard InChI is InChI=1S/C8H12N2.2C2H6/c1-4-8-9-5-6(2)7(3)10-8;2*1-2/h5H,4H2,1-3H3;2*1-2H3. The monoisotopic (exact) mass is 196 g/mol. The molecular weight excluding hydrogens is 172 g/mol. The Kier molecular flexibility index (Phi) is 11.3. The van der Waals surface area contributed by atoms with E-state index in [1.165, 1.54) is 0 Å². The van der Waals surface area contributed by atoms with Crippen molar-refractivity contribution in [1.82, 2.24) is 9.97 Å². The lowest BCUT2D eigenvalue weighted by Crippen LogP contribution is -1.96. The van der Waals surface area contributed by atoms with Gasteiger partial charge >= 0.3 is 0 Å². The minimum atomic E-state index is 0.918. The summed E-state index contributed by atoms with van der Waals surface area (Å²) in [5.41, 5.74) is 2.25. The number of rotatable bonds is 1. The van der Waals surface area contributed by atoms with Gasteiger partial charge in [-0.15, -0.1) is 0 Å². The highest BCUT2D eigenvalue weighted by Gasteiger charge is 1.95. The van der Waals surface area contributed by atoms with Crippen LogP contribution in [0, 0.1) is 13.8 Å². The zero-order chi connectivity index (χ0) is 11.6. The lowest BCUT2D eigenvalue weighted by molar-refractivity contribution is 0.904. The molecule has 0 fully saturated rings. The summed E-state index contributed by atoms with van der Waals surface area (Å²) in [6, 6.07) is 0. The molecule has 0 amide bonds. The Morgan fingerprint density at radius 2 is 1.57 bits per heavy atom. The minimum absolute atomic E-state index is 0.918. The molecular formula is C12H24N2. The van der Waals surface area contributed by atoms with Crippen LogP contribution in [-0.4, -0.2) is 9.97 Å². The fourth-order valence-corrected chi connectivity index (χ4v) is 0.746. The zero-order valence-corrected chi connectivity index (χ0v) is 10.7. The van der Waals surface area contributed by atoms with Crippen LogP contribution in [0.25, 0.3) is 0 Å². The Balaban J connectivity index is 0. The summed E-state index contributed by atoms with van der Waals surface area (Å²) in [6.45, 7) is 14.1. The van der Waals surface area contributed by atoms with E-state index >= 15 is 0 Å². The van der Waals surface area contributed by atoms with Crippen LogP contribution >= 0.6 is 0 Å². The molecule has 2 heteroatoms. The first-order valence-electron chi connectivity index (χ1n) is 5.53.